The van der Waals surface area contributed by atoms with Crippen molar-refractivity contribution in [2.75, 3.05) is 25.6 Å². The highest BCUT2D eigenvalue weighted by Crippen LogP contribution is 2.41. The van der Waals surface area contributed by atoms with Crippen molar-refractivity contribution in [1.82, 2.24) is 15.2 Å². The summed E-state index contributed by atoms with van der Waals surface area (Å²) >= 11 is 1.61. The molecule has 0 radical (unpaired) electrons. The molecule has 24 heavy (non-hydrogen) atoms. The number of likely N-dealkylation sites (N-methyl/N-ethyl adjacent to an activating group) is 1. The van der Waals surface area contributed by atoms with Crippen LogP contribution in [0.2, 0.25) is 0 Å². The highest BCUT2D eigenvalue weighted by molar-refractivity contribution is 7.22. The highest BCUT2D eigenvalue weighted by Gasteiger charge is 2.50. The van der Waals surface area contributed by atoms with Crippen LogP contribution in [0.1, 0.15) is 18.4 Å². The number of carbonyl (C=O) groups is 1. The van der Waals surface area contributed by atoms with Gasteiger partial charge in [0.15, 0.2) is 5.13 Å². The van der Waals surface area contributed by atoms with Crippen molar-refractivity contribution in [3.05, 3.63) is 17.7 Å². The molecule has 1 N–H and O–H groups in total. The Hall–Kier alpha value is -1.86. The third-order valence-electron chi connectivity index (χ3n) is 5.50. The molecule has 1 aliphatic carbocycles. The van der Waals surface area contributed by atoms with Crippen LogP contribution in [-0.2, 0) is 6.42 Å². The summed E-state index contributed by atoms with van der Waals surface area (Å²) < 4.78 is 6.77. The molecular weight excluding hydrogens is 324 g/mol. The topological polar surface area (TPSA) is 57.7 Å². The number of ether oxygens (including phenoxy) is 1. The number of carbonyl (C=O) groups excluding carboxylic acids is 1. The third-order valence-corrected chi connectivity index (χ3v) is 6.52. The molecule has 6 nitrogen and oxygen atoms in total. The second-order valence-electron chi connectivity index (χ2n) is 7.01. The summed E-state index contributed by atoms with van der Waals surface area (Å²) in [7, 11) is 4.19. The van der Waals surface area contributed by atoms with Crippen LogP contribution < -0.4 is 15.0 Å². The van der Waals surface area contributed by atoms with Gasteiger partial charge < -0.3 is 15.0 Å². The standard InChI is InChI=1S/C17H20N4O2S/c1-20(2)11-4-3-10-15(11)21(16(22)18-10)17-19-14-9-7-8-23-12(9)5-6-13(14)24-17/h5-6,10-11,15H,3-4,7-8H2,1-2H3,(H,18,22)/t10-,11-,15-/m0/s1. The first-order valence-electron chi connectivity index (χ1n) is 8.45. The number of hydrogen-bond acceptors (Lipinski definition) is 5. The van der Waals surface area contributed by atoms with Crippen molar-refractivity contribution < 1.29 is 9.53 Å². The van der Waals surface area contributed by atoms with Gasteiger partial charge in [-0.25, -0.2) is 9.78 Å². The summed E-state index contributed by atoms with van der Waals surface area (Å²) in [5.41, 5.74) is 2.18. The molecule has 5 rings (SSSR count). The van der Waals surface area contributed by atoms with Gasteiger partial charge in [0.05, 0.1) is 28.9 Å². The fraction of sp³-hybridized carbons (Fsp3) is 0.529. The van der Waals surface area contributed by atoms with Crippen LogP contribution in [0.25, 0.3) is 10.2 Å². The minimum atomic E-state index is -0.0106. The fourth-order valence-corrected chi connectivity index (χ4v) is 5.41. The molecule has 7 heteroatoms. The Morgan fingerprint density at radius 1 is 1.38 bits per heavy atom. The lowest BCUT2D eigenvalue weighted by Crippen LogP contribution is -2.47. The molecule has 2 fully saturated rings. The van der Waals surface area contributed by atoms with Crippen LogP contribution in [0.3, 0.4) is 0 Å². The molecule has 1 saturated heterocycles. The van der Waals surface area contributed by atoms with E-state index >= 15 is 0 Å². The van der Waals surface area contributed by atoms with Gasteiger partial charge in [-0.05, 0) is 39.1 Å². The molecule has 0 bridgehead atoms. The van der Waals surface area contributed by atoms with Crippen molar-refractivity contribution in [3.63, 3.8) is 0 Å². The Balaban J connectivity index is 1.60. The summed E-state index contributed by atoms with van der Waals surface area (Å²) in [6.07, 6.45) is 3.03. The van der Waals surface area contributed by atoms with Crippen LogP contribution in [-0.4, -0.2) is 54.7 Å². The molecule has 2 aromatic rings. The molecule has 3 heterocycles. The van der Waals surface area contributed by atoms with Crippen molar-refractivity contribution >= 4 is 32.7 Å². The highest BCUT2D eigenvalue weighted by atomic mass is 32.1. The molecule has 126 valence electrons. The molecule has 2 amide bonds. The van der Waals surface area contributed by atoms with Gasteiger partial charge in [0.25, 0.3) is 0 Å². The quantitative estimate of drug-likeness (QED) is 0.908. The number of thiazole rings is 1. The average Bonchev–Trinajstić information content (AvgIpc) is 3.26. The normalized spacial score (nSPS) is 28.4. The van der Waals surface area contributed by atoms with Crippen LogP contribution in [0.15, 0.2) is 12.1 Å². The summed E-state index contributed by atoms with van der Waals surface area (Å²) in [4.78, 5) is 21.6. The predicted octanol–water partition coefficient (Wildman–Crippen LogP) is 2.22. The molecule has 1 aromatic carbocycles. The maximum absolute atomic E-state index is 12.6. The number of nitrogens with one attached hydrogen (secondary N) is 1. The van der Waals surface area contributed by atoms with E-state index in [1.807, 2.05) is 11.0 Å². The summed E-state index contributed by atoms with van der Waals surface area (Å²) in [6, 6.07) is 4.84. The Labute approximate surface area is 144 Å². The zero-order valence-corrected chi connectivity index (χ0v) is 14.6. The van der Waals surface area contributed by atoms with Crippen molar-refractivity contribution in [2.45, 2.75) is 37.4 Å². The van der Waals surface area contributed by atoms with Gasteiger partial charge >= 0.3 is 6.03 Å². The average molecular weight is 344 g/mol. The molecule has 3 atom stereocenters. The second kappa shape index (κ2) is 5.07. The number of benzene rings is 1. The molecular formula is C17H20N4O2S. The van der Waals surface area contributed by atoms with Crippen molar-refractivity contribution in [2.24, 2.45) is 0 Å². The summed E-state index contributed by atoms with van der Waals surface area (Å²) in [5.74, 6) is 0.940. The van der Waals surface area contributed by atoms with E-state index in [4.69, 9.17) is 9.72 Å². The van der Waals surface area contributed by atoms with E-state index in [9.17, 15) is 4.79 Å². The number of fused-ring (bicyclic) bond motifs is 4. The zero-order valence-electron chi connectivity index (χ0n) is 13.8. The lowest BCUT2D eigenvalue weighted by molar-refractivity contribution is 0.245. The van der Waals surface area contributed by atoms with Gasteiger partial charge in [0.2, 0.25) is 0 Å². The number of aromatic nitrogens is 1. The first kappa shape index (κ1) is 14.5. The van der Waals surface area contributed by atoms with E-state index in [0.717, 1.165) is 47.0 Å². The van der Waals surface area contributed by atoms with E-state index in [1.54, 1.807) is 11.3 Å². The van der Waals surface area contributed by atoms with Gasteiger partial charge in [0.1, 0.15) is 5.75 Å². The fourth-order valence-electron chi connectivity index (χ4n) is 4.37. The lowest BCUT2D eigenvalue weighted by Gasteiger charge is -2.30. The number of nitrogens with zero attached hydrogens (tertiary/aromatic N) is 3. The second-order valence-corrected chi connectivity index (χ2v) is 8.02. The Kier molecular flexibility index (Phi) is 3.06. The predicted molar refractivity (Wildman–Crippen MR) is 94.1 cm³/mol. The Morgan fingerprint density at radius 3 is 3.08 bits per heavy atom. The SMILES string of the molecule is CN(C)[C@H]1CC[C@@H]2NC(=O)N(c3nc4c5c(ccc4s3)OCC5)[C@@H]21. The van der Waals surface area contributed by atoms with Crippen LogP contribution in [0.4, 0.5) is 9.93 Å². The van der Waals surface area contributed by atoms with Gasteiger partial charge in [-0.15, -0.1) is 0 Å². The first-order valence-corrected chi connectivity index (χ1v) is 9.26. The Bertz CT molecular complexity index is 833. The van der Waals surface area contributed by atoms with E-state index < -0.39 is 0 Å². The molecule has 3 aliphatic rings. The maximum atomic E-state index is 12.6. The minimum absolute atomic E-state index is 0.0106. The first-order chi connectivity index (χ1) is 11.6. The zero-order chi connectivity index (χ0) is 16.4. The molecule has 1 saturated carbocycles. The number of amides is 2. The Morgan fingerprint density at radius 2 is 2.25 bits per heavy atom. The summed E-state index contributed by atoms with van der Waals surface area (Å²) in [6.45, 7) is 0.721. The molecule has 2 aliphatic heterocycles. The van der Waals surface area contributed by atoms with Gasteiger partial charge in [-0.1, -0.05) is 11.3 Å². The van der Waals surface area contributed by atoms with Crippen molar-refractivity contribution in [3.8, 4) is 5.75 Å². The van der Waals surface area contributed by atoms with E-state index in [0.29, 0.717) is 6.04 Å². The van der Waals surface area contributed by atoms with Gasteiger partial charge in [0, 0.05) is 18.0 Å². The molecule has 0 unspecified atom stereocenters. The van der Waals surface area contributed by atoms with E-state index in [2.05, 4.69) is 30.4 Å². The number of hydrogen-bond donors (Lipinski definition) is 1. The minimum Gasteiger partial charge on any atom is -0.493 e. The van der Waals surface area contributed by atoms with Crippen LogP contribution in [0.5, 0.6) is 5.75 Å². The number of urea groups is 1. The largest absolute Gasteiger partial charge is 0.493 e. The maximum Gasteiger partial charge on any atom is 0.324 e. The van der Waals surface area contributed by atoms with Crippen LogP contribution >= 0.6 is 11.3 Å². The summed E-state index contributed by atoms with van der Waals surface area (Å²) in [5, 5.41) is 3.96. The molecule has 1 aromatic heterocycles. The van der Waals surface area contributed by atoms with Crippen molar-refractivity contribution in [1.29, 1.82) is 0 Å². The smallest absolute Gasteiger partial charge is 0.324 e. The number of anilines is 1. The van der Waals surface area contributed by atoms with Crippen LogP contribution in [0, 0.1) is 0 Å². The monoisotopic (exact) mass is 344 g/mol. The lowest BCUT2D eigenvalue weighted by atomic mass is 10.1. The number of rotatable bonds is 2. The van der Waals surface area contributed by atoms with E-state index in [-0.39, 0.29) is 18.1 Å². The van der Waals surface area contributed by atoms with E-state index in [1.165, 1.54) is 5.56 Å². The van der Waals surface area contributed by atoms with Gasteiger partial charge in [-0.2, -0.15) is 0 Å². The molecule has 0 spiro atoms. The van der Waals surface area contributed by atoms with Gasteiger partial charge in [-0.3, -0.25) is 4.90 Å². The third kappa shape index (κ3) is 1.91.